The number of aromatic nitrogens is 1. The molecule has 1 fully saturated rings. The number of ether oxygens (including phenoxy) is 3. The van der Waals surface area contributed by atoms with Crippen molar-refractivity contribution in [1.29, 1.82) is 0 Å². The third-order valence-electron chi connectivity index (χ3n) is 5.15. The number of carbonyl (C=O) groups is 1. The summed E-state index contributed by atoms with van der Waals surface area (Å²) in [6, 6.07) is 7.19. The molecule has 0 aliphatic carbocycles. The second-order valence-corrected chi connectivity index (χ2v) is 6.96. The average Bonchev–Trinajstić information content (AvgIpc) is 3.26. The molecule has 148 valence electrons. The zero-order chi connectivity index (χ0) is 19.3. The lowest BCUT2D eigenvalue weighted by molar-refractivity contribution is -0.126. The Kier molecular flexibility index (Phi) is 5.62. The molecule has 1 aromatic carbocycles. The highest BCUT2D eigenvalue weighted by Gasteiger charge is 2.30. The quantitative estimate of drug-likeness (QED) is 0.825. The van der Waals surface area contributed by atoms with E-state index in [1.165, 1.54) is 0 Å². The molecule has 0 spiro atoms. The normalized spacial score (nSPS) is 17.2. The predicted octanol–water partition coefficient (Wildman–Crippen LogP) is 2.31. The van der Waals surface area contributed by atoms with Gasteiger partial charge in [0, 0.05) is 30.6 Å². The van der Waals surface area contributed by atoms with Crippen LogP contribution in [0.15, 0.2) is 36.7 Å². The highest BCUT2D eigenvalue weighted by Crippen LogP contribution is 2.36. The van der Waals surface area contributed by atoms with Crippen LogP contribution in [0.5, 0.6) is 17.2 Å². The summed E-state index contributed by atoms with van der Waals surface area (Å²) in [6.45, 7) is 3.22. The summed E-state index contributed by atoms with van der Waals surface area (Å²) >= 11 is 0. The van der Waals surface area contributed by atoms with Gasteiger partial charge < -0.3 is 19.5 Å². The van der Waals surface area contributed by atoms with Crippen molar-refractivity contribution < 1.29 is 19.0 Å². The van der Waals surface area contributed by atoms with E-state index in [2.05, 4.69) is 15.2 Å². The van der Waals surface area contributed by atoms with Crippen LogP contribution in [0.2, 0.25) is 0 Å². The van der Waals surface area contributed by atoms with Crippen molar-refractivity contribution in [1.82, 2.24) is 15.2 Å². The van der Waals surface area contributed by atoms with Crippen LogP contribution in [-0.2, 0) is 11.3 Å². The van der Waals surface area contributed by atoms with Gasteiger partial charge >= 0.3 is 0 Å². The van der Waals surface area contributed by atoms with Gasteiger partial charge in [0.1, 0.15) is 25.0 Å². The van der Waals surface area contributed by atoms with Crippen molar-refractivity contribution in [3.63, 3.8) is 0 Å². The van der Waals surface area contributed by atoms with E-state index in [-0.39, 0.29) is 11.9 Å². The van der Waals surface area contributed by atoms with Crippen LogP contribution in [-0.4, -0.2) is 49.2 Å². The van der Waals surface area contributed by atoms with Gasteiger partial charge in [-0.25, -0.2) is 0 Å². The Morgan fingerprint density at radius 3 is 2.68 bits per heavy atom. The maximum atomic E-state index is 13.1. The summed E-state index contributed by atoms with van der Waals surface area (Å²) < 4.78 is 16.7. The minimum absolute atomic E-state index is 0.0353. The zero-order valence-corrected chi connectivity index (χ0v) is 16.0. The number of hydrogen-bond acceptors (Lipinski definition) is 6. The fourth-order valence-corrected chi connectivity index (χ4v) is 3.78. The minimum atomic E-state index is -0.334. The largest absolute Gasteiger partial charge is 0.496 e. The van der Waals surface area contributed by atoms with E-state index in [1.54, 1.807) is 19.5 Å². The fourth-order valence-electron chi connectivity index (χ4n) is 3.78. The highest BCUT2D eigenvalue weighted by atomic mass is 16.6. The molecule has 1 amide bonds. The van der Waals surface area contributed by atoms with Crippen molar-refractivity contribution in [2.24, 2.45) is 0 Å². The number of pyridine rings is 1. The summed E-state index contributed by atoms with van der Waals surface area (Å²) in [7, 11) is 1.61. The van der Waals surface area contributed by atoms with Gasteiger partial charge in [-0.2, -0.15) is 0 Å². The zero-order valence-electron chi connectivity index (χ0n) is 16.0. The van der Waals surface area contributed by atoms with Gasteiger partial charge in [0.25, 0.3) is 0 Å². The first kappa shape index (κ1) is 18.6. The number of methoxy groups -OCH3 is 1. The topological polar surface area (TPSA) is 72.9 Å². The van der Waals surface area contributed by atoms with Crippen LogP contribution < -0.4 is 19.5 Å². The first-order valence-corrected chi connectivity index (χ1v) is 9.64. The van der Waals surface area contributed by atoms with Crippen LogP contribution in [0.1, 0.15) is 30.0 Å². The van der Waals surface area contributed by atoms with Crippen LogP contribution in [0.25, 0.3) is 0 Å². The second kappa shape index (κ2) is 8.48. The summed E-state index contributed by atoms with van der Waals surface area (Å²) in [5, 5.41) is 3.07. The number of nitrogens with zero attached hydrogens (tertiary/aromatic N) is 2. The van der Waals surface area contributed by atoms with E-state index in [0.717, 1.165) is 37.1 Å². The van der Waals surface area contributed by atoms with E-state index in [9.17, 15) is 4.79 Å². The molecule has 2 aromatic rings. The number of likely N-dealkylation sites (tertiary alicyclic amines) is 1. The number of benzene rings is 1. The number of hydrogen-bond donors (Lipinski definition) is 1. The Balaban J connectivity index is 1.52. The lowest BCUT2D eigenvalue weighted by Gasteiger charge is -2.27. The fraction of sp³-hybridized carbons (Fsp3) is 0.429. The Morgan fingerprint density at radius 1 is 1.25 bits per heavy atom. The number of carbonyl (C=O) groups excluding carboxylic acids is 1. The standard InChI is InChI=1S/C21H25N3O4/c1-26-17-12-19-18(27-9-10-28-19)11-16(17)14-23-21(25)20(24-7-2-3-8-24)15-5-4-6-22-13-15/h4-6,11-13,20H,2-3,7-10,14H2,1H3,(H,23,25)/t20-/m0/s1. The van der Waals surface area contributed by atoms with E-state index in [0.29, 0.717) is 37.0 Å². The molecule has 0 radical (unpaired) electrons. The molecule has 2 aliphatic heterocycles. The molecule has 7 heteroatoms. The van der Waals surface area contributed by atoms with E-state index in [1.807, 2.05) is 24.3 Å². The molecule has 0 bridgehead atoms. The van der Waals surface area contributed by atoms with Gasteiger partial charge in [0.2, 0.25) is 5.91 Å². The van der Waals surface area contributed by atoms with Crippen molar-refractivity contribution >= 4 is 5.91 Å². The molecule has 1 saturated heterocycles. The lowest BCUT2D eigenvalue weighted by Crippen LogP contribution is -2.39. The number of nitrogens with one attached hydrogen (secondary N) is 1. The second-order valence-electron chi connectivity index (χ2n) is 6.96. The third kappa shape index (κ3) is 3.89. The Labute approximate surface area is 164 Å². The van der Waals surface area contributed by atoms with Crippen molar-refractivity contribution in [3.05, 3.63) is 47.8 Å². The van der Waals surface area contributed by atoms with Crippen LogP contribution in [0.4, 0.5) is 0 Å². The molecule has 1 atom stereocenters. The molecule has 0 unspecified atom stereocenters. The van der Waals surface area contributed by atoms with Gasteiger partial charge in [-0.05, 0) is 43.6 Å². The van der Waals surface area contributed by atoms with E-state index in [4.69, 9.17) is 14.2 Å². The average molecular weight is 383 g/mol. The van der Waals surface area contributed by atoms with Crippen LogP contribution in [0, 0.1) is 0 Å². The summed E-state index contributed by atoms with van der Waals surface area (Å²) in [5.41, 5.74) is 1.77. The van der Waals surface area contributed by atoms with Crippen molar-refractivity contribution in [2.75, 3.05) is 33.4 Å². The number of rotatable bonds is 6. The monoisotopic (exact) mass is 383 g/mol. The third-order valence-corrected chi connectivity index (χ3v) is 5.15. The number of amides is 1. The predicted molar refractivity (Wildman–Crippen MR) is 104 cm³/mol. The summed E-state index contributed by atoms with van der Waals surface area (Å²) in [6.07, 6.45) is 5.72. The van der Waals surface area contributed by atoms with Crippen molar-refractivity contribution in [3.8, 4) is 17.2 Å². The molecular weight excluding hydrogens is 358 g/mol. The van der Waals surface area contributed by atoms with Crippen LogP contribution >= 0.6 is 0 Å². The molecule has 2 aliphatic rings. The molecule has 1 N–H and O–H groups in total. The Morgan fingerprint density at radius 2 is 2.00 bits per heavy atom. The molecular formula is C21H25N3O4. The van der Waals surface area contributed by atoms with Gasteiger partial charge in [-0.1, -0.05) is 6.07 Å². The summed E-state index contributed by atoms with van der Waals surface area (Å²) in [4.78, 5) is 19.5. The van der Waals surface area contributed by atoms with E-state index >= 15 is 0 Å². The number of fused-ring (bicyclic) bond motifs is 1. The lowest BCUT2D eigenvalue weighted by atomic mass is 10.1. The van der Waals surface area contributed by atoms with Gasteiger partial charge in [-0.3, -0.25) is 14.7 Å². The molecule has 3 heterocycles. The van der Waals surface area contributed by atoms with Gasteiger partial charge in [0.15, 0.2) is 11.5 Å². The molecule has 7 nitrogen and oxygen atoms in total. The first-order valence-electron chi connectivity index (χ1n) is 9.64. The molecule has 1 aromatic heterocycles. The smallest absolute Gasteiger partial charge is 0.242 e. The maximum Gasteiger partial charge on any atom is 0.242 e. The summed E-state index contributed by atoms with van der Waals surface area (Å²) in [5.74, 6) is 1.98. The van der Waals surface area contributed by atoms with Crippen LogP contribution in [0.3, 0.4) is 0 Å². The van der Waals surface area contributed by atoms with Gasteiger partial charge in [0.05, 0.1) is 7.11 Å². The van der Waals surface area contributed by atoms with E-state index < -0.39 is 0 Å². The highest BCUT2D eigenvalue weighted by molar-refractivity contribution is 5.83. The molecule has 0 saturated carbocycles. The van der Waals surface area contributed by atoms with Crippen molar-refractivity contribution in [2.45, 2.75) is 25.4 Å². The maximum absolute atomic E-state index is 13.1. The molecule has 4 rings (SSSR count). The molecule has 28 heavy (non-hydrogen) atoms. The Hall–Kier alpha value is -2.80. The van der Waals surface area contributed by atoms with Gasteiger partial charge in [-0.15, -0.1) is 0 Å². The SMILES string of the molecule is COc1cc2c(cc1CNC(=O)[C@H](c1cccnc1)N1CCCC1)OCCO2. The Bertz CT molecular complexity index is 822. The minimum Gasteiger partial charge on any atom is -0.496 e. The first-order chi connectivity index (χ1) is 13.8.